The molecule has 0 aromatic heterocycles. The number of rotatable bonds is 8. The lowest BCUT2D eigenvalue weighted by molar-refractivity contribution is -0.117. The molecule has 1 unspecified atom stereocenters. The summed E-state index contributed by atoms with van der Waals surface area (Å²) in [4.78, 5) is 35.0. The van der Waals surface area contributed by atoms with Gasteiger partial charge in [0.15, 0.2) is 0 Å². The largest absolute Gasteiger partial charge is 0.368 e. The van der Waals surface area contributed by atoms with Gasteiger partial charge < -0.3 is 16.4 Å². The van der Waals surface area contributed by atoms with E-state index in [1.165, 1.54) is 11.8 Å². The number of primary amides is 1. The molecule has 4 N–H and O–H groups in total. The molecule has 1 atom stereocenters. The minimum atomic E-state index is -0.618. The molecule has 0 saturated heterocycles. The lowest BCUT2D eigenvalue weighted by Gasteiger charge is -2.13. The summed E-state index contributed by atoms with van der Waals surface area (Å²) in [6.45, 7) is 1.61. The number of carbonyl (C=O) groups excluding carboxylic acids is 3. The van der Waals surface area contributed by atoms with E-state index in [4.69, 9.17) is 5.73 Å². The first-order valence-corrected chi connectivity index (χ1v) is 9.13. The zero-order chi connectivity index (χ0) is 18.9. The maximum absolute atomic E-state index is 12.3. The Bertz CT molecular complexity index is 781. The van der Waals surface area contributed by atoms with Crippen LogP contribution in [-0.2, 0) is 15.3 Å². The molecule has 0 aliphatic carbocycles. The topological polar surface area (TPSA) is 101 Å². The average molecular weight is 371 g/mol. The summed E-state index contributed by atoms with van der Waals surface area (Å²) in [5, 5.41) is 4.97. The fraction of sp³-hybridized carbons (Fsp3) is 0.211. The summed E-state index contributed by atoms with van der Waals surface area (Å²) >= 11 is 1.54. The molecular weight excluding hydrogens is 350 g/mol. The third kappa shape index (κ3) is 6.25. The Morgan fingerprint density at radius 3 is 2.50 bits per heavy atom. The van der Waals surface area contributed by atoms with Crippen molar-refractivity contribution < 1.29 is 14.4 Å². The van der Waals surface area contributed by atoms with Gasteiger partial charge in [-0.1, -0.05) is 36.4 Å². The van der Waals surface area contributed by atoms with E-state index in [0.29, 0.717) is 11.3 Å². The number of benzene rings is 2. The van der Waals surface area contributed by atoms with Crippen LogP contribution in [0.2, 0.25) is 0 Å². The number of amides is 3. The van der Waals surface area contributed by atoms with Crippen molar-refractivity contribution in [3.8, 4) is 0 Å². The lowest BCUT2D eigenvalue weighted by atomic mass is 10.2. The average Bonchev–Trinajstić information content (AvgIpc) is 2.65. The maximum Gasteiger partial charge on any atom is 0.251 e. The van der Waals surface area contributed by atoms with E-state index in [9.17, 15) is 14.4 Å². The summed E-state index contributed by atoms with van der Waals surface area (Å²) in [5.74, 6) is -0.440. The standard InChI is InChI=1S/C19H21N3O3S/c1-13(26-12-14-6-3-2-4-7-14)18(24)22-16-9-5-8-15(10-16)19(25)21-11-17(20)23/h2-10,13H,11-12H2,1H3,(H2,20,23)(H,21,25)(H,22,24). The van der Waals surface area contributed by atoms with Gasteiger partial charge >= 0.3 is 0 Å². The van der Waals surface area contributed by atoms with Crippen molar-refractivity contribution in [1.29, 1.82) is 0 Å². The summed E-state index contributed by atoms with van der Waals surface area (Å²) in [6, 6.07) is 16.5. The fourth-order valence-electron chi connectivity index (χ4n) is 2.12. The Kier molecular flexibility index (Phi) is 7.23. The SMILES string of the molecule is CC(SCc1ccccc1)C(=O)Nc1cccc(C(=O)NCC(N)=O)c1. The molecule has 136 valence electrons. The second-order valence-electron chi connectivity index (χ2n) is 5.66. The van der Waals surface area contributed by atoms with E-state index in [2.05, 4.69) is 10.6 Å². The molecule has 0 radical (unpaired) electrons. The second kappa shape index (κ2) is 9.62. The van der Waals surface area contributed by atoms with Crippen LogP contribution >= 0.6 is 11.8 Å². The van der Waals surface area contributed by atoms with Gasteiger partial charge in [0.2, 0.25) is 11.8 Å². The van der Waals surface area contributed by atoms with E-state index in [1.807, 2.05) is 37.3 Å². The molecule has 2 aromatic carbocycles. The number of carbonyl (C=O) groups is 3. The van der Waals surface area contributed by atoms with E-state index in [-0.39, 0.29) is 17.7 Å². The Hall–Kier alpha value is -2.80. The van der Waals surface area contributed by atoms with Crippen LogP contribution in [0, 0.1) is 0 Å². The maximum atomic E-state index is 12.3. The van der Waals surface area contributed by atoms with Gasteiger partial charge in [-0.05, 0) is 30.7 Å². The molecule has 0 aliphatic rings. The molecule has 2 aromatic rings. The van der Waals surface area contributed by atoms with Gasteiger partial charge in [-0.3, -0.25) is 14.4 Å². The zero-order valence-corrected chi connectivity index (χ0v) is 15.2. The molecule has 3 amide bonds. The number of thioether (sulfide) groups is 1. The highest BCUT2D eigenvalue weighted by Crippen LogP contribution is 2.19. The normalized spacial score (nSPS) is 11.4. The molecule has 0 aliphatic heterocycles. The molecular formula is C19H21N3O3S. The molecule has 0 fully saturated rings. The summed E-state index contributed by atoms with van der Waals surface area (Å²) in [5.41, 5.74) is 7.03. The first-order valence-electron chi connectivity index (χ1n) is 8.08. The van der Waals surface area contributed by atoms with Crippen molar-refractivity contribution in [2.75, 3.05) is 11.9 Å². The van der Waals surface area contributed by atoms with Gasteiger partial charge in [-0.2, -0.15) is 0 Å². The number of hydrogen-bond donors (Lipinski definition) is 3. The van der Waals surface area contributed by atoms with Crippen LogP contribution in [-0.4, -0.2) is 29.5 Å². The van der Waals surface area contributed by atoms with Crippen LogP contribution in [0.3, 0.4) is 0 Å². The Morgan fingerprint density at radius 1 is 1.08 bits per heavy atom. The smallest absolute Gasteiger partial charge is 0.251 e. The van der Waals surface area contributed by atoms with E-state index < -0.39 is 11.8 Å². The van der Waals surface area contributed by atoms with E-state index in [0.717, 1.165) is 11.3 Å². The summed E-state index contributed by atoms with van der Waals surface area (Å²) in [7, 11) is 0. The van der Waals surface area contributed by atoms with Crippen molar-refractivity contribution in [1.82, 2.24) is 5.32 Å². The molecule has 2 rings (SSSR count). The third-order valence-corrected chi connectivity index (χ3v) is 4.74. The number of nitrogens with two attached hydrogens (primary N) is 1. The zero-order valence-electron chi connectivity index (χ0n) is 14.4. The fourth-order valence-corrected chi connectivity index (χ4v) is 2.97. The van der Waals surface area contributed by atoms with Gasteiger partial charge in [-0.15, -0.1) is 11.8 Å². The van der Waals surface area contributed by atoms with Crippen LogP contribution in [0.25, 0.3) is 0 Å². The molecule has 0 bridgehead atoms. The van der Waals surface area contributed by atoms with Crippen LogP contribution in [0.15, 0.2) is 54.6 Å². The Labute approximate surface area is 156 Å². The van der Waals surface area contributed by atoms with Crippen molar-refractivity contribution >= 4 is 35.2 Å². The minimum absolute atomic E-state index is 0.138. The first-order chi connectivity index (χ1) is 12.5. The highest BCUT2D eigenvalue weighted by Gasteiger charge is 2.14. The van der Waals surface area contributed by atoms with Gasteiger partial charge in [0, 0.05) is 17.0 Å². The monoisotopic (exact) mass is 371 g/mol. The van der Waals surface area contributed by atoms with Crippen LogP contribution in [0.1, 0.15) is 22.8 Å². The molecule has 26 heavy (non-hydrogen) atoms. The Balaban J connectivity index is 1.90. The van der Waals surface area contributed by atoms with E-state index in [1.54, 1.807) is 24.3 Å². The summed E-state index contributed by atoms with van der Waals surface area (Å²) < 4.78 is 0. The van der Waals surface area contributed by atoms with Gasteiger partial charge in [0.05, 0.1) is 11.8 Å². The number of anilines is 1. The van der Waals surface area contributed by atoms with Crippen LogP contribution in [0.4, 0.5) is 5.69 Å². The van der Waals surface area contributed by atoms with Crippen molar-refractivity contribution in [3.63, 3.8) is 0 Å². The predicted molar refractivity (Wildman–Crippen MR) is 104 cm³/mol. The van der Waals surface area contributed by atoms with Crippen LogP contribution in [0.5, 0.6) is 0 Å². The number of nitrogens with one attached hydrogen (secondary N) is 2. The molecule has 6 nitrogen and oxygen atoms in total. The first kappa shape index (κ1) is 19.5. The number of hydrogen-bond acceptors (Lipinski definition) is 4. The quantitative estimate of drug-likeness (QED) is 0.662. The lowest BCUT2D eigenvalue weighted by Crippen LogP contribution is -2.33. The van der Waals surface area contributed by atoms with Gasteiger partial charge in [0.1, 0.15) is 0 Å². The minimum Gasteiger partial charge on any atom is -0.368 e. The highest BCUT2D eigenvalue weighted by molar-refractivity contribution is 7.99. The molecule has 0 saturated carbocycles. The van der Waals surface area contributed by atoms with Crippen LogP contribution < -0.4 is 16.4 Å². The van der Waals surface area contributed by atoms with Gasteiger partial charge in [-0.25, -0.2) is 0 Å². The molecule has 0 spiro atoms. The third-order valence-electron chi connectivity index (χ3n) is 3.53. The van der Waals surface area contributed by atoms with Crippen molar-refractivity contribution in [2.24, 2.45) is 5.73 Å². The van der Waals surface area contributed by atoms with Gasteiger partial charge in [0.25, 0.3) is 5.91 Å². The van der Waals surface area contributed by atoms with Crippen molar-refractivity contribution in [3.05, 3.63) is 65.7 Å². The van der Waals surface area contributed by atoms with Crippen molar-refractivity contribution in [2.45, 2.75) is 17.9 Å². The highest BCUT2D eigenvalue weighted by atomic mass is 32.2. The predicted octanol–water partition coefficient (Wildman–Crippen LogP) is 2.16. The molecule has 0 heterocycles. The summed E-state index contributed by atoms with van der Waals surface area (Å²) in [6.07, 6.45) is 0. The second-order valence-corrected chi connectivity index (χ2v) is 6.99. The Morgan fingerprint density at radius 2 is 1.81 bits per heavy atom. The van der Waals surface area contributed by atoms with E-state index >= 15 is 0 Å². The molecule has 7 heteroatoms.